The Morgan fingerprint density at radius 3 is 1.43 bits per heavy atom. The molecular formula is C44H33NO. The van der Waals surface area contributed by atoms with Gasteiger partial charge in [0.2, 0.25) is 0 Å². The number of rotatable bonds is 4. The fraction of sp³-hybridized carbons (Fsp3) is 0.0455. The predicted molar refractivity (Wildman–Crippen MR) is 196 cm³/mol. The summed E-state index contributed by atoms with van der Waals surface area (Å²) in [7, 11) is 0. The molecule has 2 heterocycles. The van der Waals surface area contributed by atoms with E-state index in [2.05, 4.69) is 168 Å². The summed E-state index contributed by atoms with van der Waals surface area (Å²) in [6, 6.07) is 58.4. The van der Waals surface area contributed by atoms with Crippen LogP contribution in [0.15, 0.2) is 168 Å². The molecular weight excluding hydrogens is 558 g/mol. The predicted octanol–water partition coefficient (Wildman–Crippen LogP) is 12.7. The van der Waals surface area contributed by atoms with E-state index in [1.54, 1.807) is 0 Å². The maximum atomic E-state index is 6.74. The molecule has 0 aliphatic rings. The van der Waals surface area contributed by atoms with Crippen molar-refractivity contribution in [3.63, 3.8) is 0 Å². The zero-order chi connectivity index (χ0) is 31.0. The highest BCUT2D eigenvalue weighted by Crippen LogP contribution is 2.41. The van der Waals surface area contributed by atoms with Crippen LogP contribution in [0.2, 0.25) is 0 Å². The van der Waals surface area contributed by atoms with Gasteiger partial charge in [0.05, 0.1) is 16.7 Å². The second-order valence-corrected chi connectivity index (χ2v) is 11.4. The number of nitrogens with zero attached hydrogens (tertiary/aromatic N) is 1. The van der Waals surface area contributed by atoms with Crippen molar-refractivity contribution in [1.82, 2.24) is 4.57 Å². The van der Waals surface area contributed by atoms with Gasteiger partial charge in [0.25, 0.3) is 0 Å². The van der Waals surface area contributed by atoms with E-state index in [0.29, 0.717) is 0 Å². The standard InChI is InChI=1S/C42H27NO.C2H6/c1-3-11-28(12-4-1)30-19-21-31(22-20-30)32-23-24-41-36(25-32)37-26-33(29-13-5-2-6-14-29)27-40(42(37)44-41)43-38-17-9-7-15-34(38)35-16-8-10-18-39(35)43;1-2/h1-27H;1-2H3. The van der Waals surface area contributed by atoms with Crippen molar-refractivity contribution in [2.75, 3.05) is 0 Å². The van der Waals surface area contributed by atoms with Crippen LogP contribution in [0.25, 0.3) is 82.8 Å². The first kappa shape index (κ1) is 27.7. The molecule has 0 bridgehead atoms. The Balaban J connectivity index is 0.00000153. The summed E-state index contributed by atoms with van der Waals surface area (Å²) in [5.74, 6) is 0. The van der Waals surface area contributed by atoms with E-state index >= 15 is 0 Å². The van der Waals surface area contributed by atoms with Crippen molar-refractivity contribution < 1.29 is 4.42 Å². The van der Waals surface area contributed by atoms with Gasteiger partial charge in [-0.15, -0.1) is 0 Å². The Bertz CT molecular complexity index is 2410. The number of benzene rings is 7. The normalized spacial score (nSPS) is 11.3. The molecule has 2 nitrogen and oxygen atoms in total. The van der Waals surface area contributed by atoms with E-state index in [0.717, 1.165) is 33.2 Å². The smallest absolute Gasteiger partial charge is 0.159 e. The van der Waals surface area contributed by atoms with Crippen LogP contribution in [0.3, 0.4) is 0 Å². The molecule has 7 aromatic carbocycles. The first-order chi connectivity index (χ1) is 22.8. The van der Waals surface area contributed by atoms with Gasteiger partial charge in [0.15, 0.2) is 5.58 Å². The molecule has 220 valence electrons. The minimum absolute atomic E-state index is 0.886. The van der Waals surface area contributed by atoms with Crippen molar-refractivity contribution in [3.05, 3.63) is 164 Å². The van der Waals surface area contributed by atoms with E-state index < -0.39 is 0 Å². The molecule has 0 amide bonds. The van der Waals surface area contributed by atoms with Gasteiger partial charge < -0.3 is 8.98 Å². The lowest BCUT2D eigenvalue weighted by atomic mass is 9.98. The van der Waals surface area contributed by atoms with Crippen molar-refractivity contribution in [3.8, 4) is 39.1 Å². The molecule has 46 heavy (non-hydrogen) atoms. The Labute approximate surface area is 268 Å². The van der Waals surface area contributed by atoms with Crippen molar-refractivity contribution in [2.24, 2.45) is 0 Å². The van der Waals surface area contributed by atoms with Crippen LogP contribution in [0.1, 0.15) is 13.8 Å². The number of aromatic nitrogens is 1. The maximum absolute atomic E-state index is 6.74. The number of furan rings is 1. The Kier molecular flexibility index (Phi) is 6.96. The first-order valence-corrected chi connectivity index (χ1v) is 16.0. The molecule has 0 fully saturated rings. The largest absolute Gasteiger partial charge is 0.454 e. The fourth-order valence-corrected chi connectivity index (χ4v) is 6.67. The zero-order valence-electron chi connectivity index (χ0n) is 25.9. The Morgan fingerprint density at radius 2 is 0.826 bits per heavy atom. The number of hydrogen-bond donors (Lipinski definition) is 0. The summed E-state index contributed by atoms with van der Waals surface area (Å²) in [4.78, 5) is 0. The minimum Gasteiger partial charge on any atom is -0.454 e. The van der Waals surface area contributed by atoms with Gasteiger partial charge in [-0.25, -0.2) is 0 Å². The Hall–Kier alpha value is -5.86. The molecule has 0 saturated carbocycles. The third-order valence-corrected chi connectivity index (χ3v) is 8.80. The van der Waals surface area contributed by atoms with Crippen LogP contribution in [0.5, 0.6) is 0 Å². The molecule has 0 spiro atoms. The summed E-state index contributed by atoms with van der Waals surface area (Å²) in [6.45, 7) is 4.00. The quantitative estimate of drug-likeness (QED) is 0.199. The summed E-state index contributed by atoms with van der Waals surface area (Å²) in [5, 5.41) is 4.70. The molecule has 9 aromatic rings. The number of para-hydroxylation sites is 2. The van der Waals surface area contributed by atoms with Crippen LogP contribution in [0, 0.1) is 0 Å². The summed E-state index contributed by atoms with van der Waals surface area (Å²) >= 11 is 0. The highest BCUT2D eigenvalue weighted by molar-refractivity contribution is 6.14. The van der Waals surface area contributed by atoms with Gasteiger partial charge in [0.1, 0.15) is 5.58 Å². The average molecular weight is 592 g/mol. The van der Waals surface area contributed by atoms with Crippen LogP contribution in [-0.2, 0) is 0 Å². The summed E-state index contributed by atoms with van der Waals surface area (Å²) in [6.07, 6.45) is 0. The molecule has 9 rings (SSSR count). The third-order valence-electron chi connectivity index (χ3n) is 8.80. The molecule has 0 N–H and O–H groups in total. The molecule has 0 aliphatic carbocycles. The average Bonchev–Trinajstić information content (AvgIpc) is 3.68. The van der Waals surface area contributed by atoms with Gasteiger partial charge in [0, 0.05) is 21.5 Å². The van der Waals surface area contributed by atoms with Gasteiger partial charge in [-0.3, -0.25) is 0 Å². The molecule has 2 aromatic heterocycles. The molecule has 0 radical (unpaired) electrons. The number of fused-ring (bicyclic) bond motifs is 6. The molecule has 0 atom stereocenters. The summed E-state index contributed by atoms with van der Waals surface area (Å²) < 4.78 is 9.11. The monoisotopic (exact) mass is 591 g/mol. The lowest BCUT2D eigenvalue weighted by Gasteiger charge is -2.12. The lowest BCUT2D eigenvalue weighted by Crippen LogP contribution is -1.95. The molecule has 0 unspecified atom stereocenters. The van der Waals surface area contributed by atoms with Crippen molar-refractivity contribution >= 4 is 43.7 Å². The van der Waals surface area contributed by atoms with E-state index in [4.69, 9.17) is 4.42 Å². The Morgan fingerprint density at radius 1 is 0.370 bits per heavy atom. The lowest BCUT2D eigenvalue weighted by molar-refractivity contribution is 0.666. The third kappa shape index (κ3) is 4.58. The first-order valence-electron chi connectivity index (χ1n) is 16.0. The molecule has 0 saturated heterocycles. The molecule has 2 heteroatoms. The van der Waals surface area contributed by atoms with E-state index in [-0.39, 0.29) is 0 Å². The minimum atomic E-state index is 0.886. The van der Waals surface area contributed by atoms with E-state index in [1.165, 1.54) is 49.6 Å². The SMILES string of the molecule is CC.c1ccc(-c2ccc(-c3ccc4oc5c(-n6c7ccccc7c7ccccc76)cc(-c6ccccc6)cc5c4c3)cc2)cc1. The van der Waals surface area contributed by atoms with Crippen LogP contribution < -0.4 is 0 Å². The highest BCUT2D eigenvalue weighted by atomic mass is 16.3. The van der Waals surface area contributed by atoms with Crippen molar-refractivity contribution in [2.45, 2.75) is 13.8 Å². The fourth-order valence-electron chi connectivity index (χ4n) is 6.67. The van der Waals surface area contributed by atoms with Gasteiger partial charge in [-0.05, 0) is 69.8 Å². The van der Waals surface area contributed by atoms with Gasteiger partial charge in [-0.1, -0.05) is 141 Å². The second-order valence-electron chi connectivity index (χ2n) is 11.4. The van der Waals surface area contributed by atoms with E-state index in [1.807, 2.05) is 13.8 Å². The second kappa shape index (κ2) is 11.6. The molecule has 0 aliphatic heterocycles. The summed E-state index contributed by atoms with van der Waals surface area (Å²) in [5.41, 5.74) is 12.3. The van der Waals surface area contributed by atoms with E-state index in [9.17, 15) is 0 Å². The maximum Gasteiger partial charge on any atom is 0.159 e. The van der Waals surface area contributed by atoms with Gasteiger partial charge in [-0.2, -0.15) is 0 Å². The van der Waals surface area contributed by atoms with Crippen molar-refractivity contribution in [1.29, 1.82) is 0 Å². The zero-order valence-corrected chi connectivity index (χ0v) is 25.9. The number of hydrogen-bond acceptors (Lipinski definition) is 1. The topological polar surface area (TPSA) is 18.1 Å². The van der Waals surface area contributed by atoms with Crippen LogP contribution in [-0.4, -0.2) is 4.57 Å². The van der Waals surface area contributed by atoms with Gasteiger partial charge >= 0.3 is 0 Å². The van der Waals surface area contributed by atoms with Crippen LogP contribution >= 0.6 is 0 Å². The highest BCUT2D eigenvalue weighted by Gasteiger charge is 2.19. The van der Waals surface area contributed by atoms with Crippen LogP contribution in [0.4, 0.5) is 0 Å².